The SMILES string of the molecule is N#CC1(c2ccc(OC(F)(F)F)cc2)CCNCC1. The van der Waals surface area contributed by atoms with Crippen LogP contribution in [-0.4, -0.2) is 19.5 Å². The Morgan fingerprint density at radius 3 is 2.21 bits per heavy atom. The third-order valence-electron chi connectivity index (χ3n) is 3.31. The standard InChI is InChI=1S/C13H13F3N2O/c14-13(15,16)19-11-3-1-10(2-4-11)12(9-17)5-7-18-8-6-12/h1-4,18H,5-8H2. The van der Waals surface area contributed by atoms with Gasteiger partial charge in [0.25, 0.3) is 0 Å². The summed E-state index contributed by atoms with van der Waals surface area (Å²) in [6.07, 6.45) is -3.38. The van der Waals surface area contributed by atoms with E-state index in [1.807, 2.05) is 0 Å². The molecule has 1 aromatic carbocycles. The van der Waals surface area contributed by atoms with E-state index in [1.54, 1.807) is 0 Å². The van der Waals surface area contributed by atoms with Crippen LogP contribution in [-0.2, 0) is 5.41 Å². The minimum atomic E-state index is -4.69. The van der Waals surface area contributed by atoms with Crippen molar-refractivity contribution in [2.75, 3.05) is 13.1 Å². The molecule has 0 amide bonds. The molecule has 0 bridgehead atoms. The number of hydrogen-bond donors (Lipinski definition) is 1. The fourth-order valence-electron chi connectivity index (χ4n) is 2.29. The van der Waals surface area contributed by atoms with Crippen molar-refractivity contribution in [1.82, 2.24) is 5.32 Å². The van der Waals surface area contributed by atoms with Crippen LogP contribution in [0.4, 0.5) is 13.2 Å². The first-order valence-corrected chi connectivity index (χ1v) is 5.93. The third-order valence-corrected chi connectivity index (χ3v) is 3.31. The molecular formula is C13H13F3N2O. The summed E-state index contributed by atoms with van der Waals surface area (Å²) in [6.45, 7) is 1.46. The number of nitrogens with zero attached hydrogens (tertiary/aromatic N) is 1. The van der Waals surface area contributed by atoms with Crippen LogP contribution in [0.3, 0.4) is 0 Å². The molecule has 1 aromatic rings. The van der Waals surface area contributed by atoms with E-state index in [4.69, 9.17) is 0 Å². The van der Waals surface area contributed by atoms with Crippen LogP contribution in [0.25, 0.3) is 0 Å². The summed E-state index contributed by atoms with van der Waals surface area (Å²) < 4.78 is 40.0. The van der Waals surface area contributed by atoms with Gasteiger partial charge in [0.15, 0.2) is 0 Å². The maximum atomic E-state index is 12.1. The monoisotopic (exact) mass is 270 g/mol. The molecule has 0 unspecified atom stereocenters. The first-order chi connectivity index (χ1) is 8.95. The predicted octanol–water partition coefficient (Wildman–Crippen LogP) is 2.73. The van der Waals surface area contributed by atoms with Gasteiger partial charge in [0.2, 0.25) is 0 Å². The molecule has 0 aliphatic carbocycles. The van der Waals surface area contributed by atoms with Gasteiger partial charge >= 0.3 is 6.36 Å². The largest absolute Gasteiger partial charge is 0.573 e. The first kappa shape index (κ1) is 13.7. The highest BCUT2D eigenvalue weighted by Gasteiger charge is 2.35. The highest BCUT2D eigenvalue weighted by atomic mass is 19.4. The van der Waals surface area contributed by atoms with Gasteiger partial charge in [-0.2, -0.15) is 5.26 Å². The molecule has 1 N–H and O–H groups in total. The van der Waals surface area contributed by atoms with E-state index in [9.17, 15) is 18.4 Å². The lowest BCUT2D eigenvalue weighted by atomic mass is 9.74. The molecule has 3 nitrogen and oxygen atoms in total. The van der Waals surface area contributed by atoms with Gasteiger partial charge in [-0.15, -0.1) is 13.2 Å². The Kier molecular flexibility index (Phi) is 3.67. The van der Waals surface area contributed by atoms with Gasteiger partial charge in [0.1, 0.15) is 5.75 Å². The number of nitriles is 1. The molecular weight excluding hydrogens is 257 g/mol. The predicted molar refractivity (Wildman–Crippen MR) is 62.5 cm³/mol. The van der Waals surface area contributed by atoms with Crippen LogP contribution >= 0.6 is 0 Å². The fourth-order valence-corrected chi connectivity index (χ4v) is 2.29. The zero-order chi connectivity index (χ0) is 13.9. The molecule has 0 saturated carbocycles. The number of rotatable bonds is 2. The lowest BCUT2D eigenvalue weighted by Crippen LogP contribution is -2.38. The summed E-state index contributed by atoms with van der Waals surface area (Å²) >= 11 is 0. The van der Waals surface area contributed by atoms with E-state index in [0.29, 0.717) is 12.8 Å². The maximum absolute atomic E-state index is 12.1. The molecule has 1 fully saturated rings. The molecule has 6 heteroatoms. The molecule has 0 radical (unpaired) electrons. The summed E-state index contributed by atoms with van der Waals surface area (Å²) in [5.41, 5.74) is 0.133. The Balaban J connectivity index is 2.20. The van der Waals surface area contributed by atoms with Gasteiger partial charge in [-0.3, -0.25) is 0 Å². The molecule has 0 atom stereocenters. The number of piperidine rings is 1. The fraction of sp³-hybridized carbons (Fsp3) is 0.462. The van der Waals surface area contributed by atoms with Crippen LogP contribution in [0.5, 0.6) is 5.75 Å². The molecule has 1 heterocycles. The van der Waals surface area contributed by atoms with E-state index in [1.165, 1.54) is 24.3 Å². The molecule has 19 heavy (non-hydrogen) atoms. The highest BCUT2D eigenvalue weighted by Crippen LogP contribution is 2.34. The van der Waals surface area contributed by atoms with Gasteiger partial charge in [-0.05, 0) is 43.6 Å². The summed E-state index contributed by atoms with van der Waals surface area (Å²) in [4.78, 5) is 0. The van der Waals surface area contributed by atoms with Crippen molar-refractivity contribution in [3.63, 3.8) is 0 Å². The topological polar surface area (TPSA) is 45.0 Å². The van der Waals surface area contributed by atoms with Crippen LogP contribution < -0.4 is 10.1 Å². The zero-order valence-corrected chi connectivity index (χ0v) is 10.1. The lowest BCUT2D eigenvalue weighted by Gasteiger charge is -2.31. The molecule has 1 aliphatic rings. The summed E-state index contributed by atoms with van der Waals surface area (Å²) in [5.74, 6) is -0.265. The lowest BCUT2D eigenvalue weighted by molar-refractivity contribution is -0.274. The normalized spacial score (nSPS) is 18.6. The minimum Gasteiger partial charge on any atom is -0.406 e. The van der Waals surface area contributed by atoms with Gasteiger partial charge < -0.3 is 10.1 Å². The second kappa shape index (κ2) is 5.10. The van der Waals surface area contributed by atoms with E-state index >= 15 is 0 Å². The van der Waals surface area contributed by atoms with Crippen molar-refractivity contribution >= 4 is 0 Å². The Bertz CT molecular complexity index is 470. The number of hydrogen-bond acceptors (Lipinski definition) is 3. The Hall–Kier alpha value is -1.74. The summed E-state index contributed by atoms with van der Waals surface area (Å²) in [5, 5.41) is 12.5. The number of halogens is 3. The van der Waals surface area contributed by atoms with E-state index < -0.39 is 11.8 Å². The summed E-state index contributed by atoms with van der Waals surface area (Å²) in [6, 6.07) is 7.88. The quantitative estimate of drug-likeness (QED) is 0.898. The third kappa shape index (κ3) is 3.18. The van der Waals surface area contributed by atoms with Crippen molar-refractivity contribution in [2.45, 2.75) is 24.6 Å². The molecule has 0 aromatic heterocycles. The van der Waals surface area contributed by atoms with Crippen LogP contribution in [0, 0.1) is 11.3 Å². The number of benzene rings is 1. The molecule has 1 aliphatic heterocycles. The molecule has 102 valence electrons. The maximum Gasteiger partial charge on any atom is 0.573 e. The first-order valence-electron chi connectivity index (χ1n) is 5.93. The van der Waals surface area contributed by atoms with E-state index in [2.05, 4.69) is 16.1 Å². The van der Waals surface area contributed by atoms with Gasteiger partial charge in [0, 0.05) is 0 Å². The second-order valence-electron chi connectivity index (χ2n) is 4.52. The van der Waals surface area contributed by atoms with E-state index in [-0.39, 0.29) is 5.75 Å². The van der Waals surface area contributed by atoms with Gasteiger partial charge in [0.05, 0.1) is 11.5 Å². The van der Waals surface area contributed by atoms with Gasteiger partial charge in [-0.1, -0.05) is 12.1 Å². The van der Waals surface area contributed by atoms with Crippen molar-refractivity contribution in [1.29, 1.82) is 5.26 Å². The van der Waals surface area contributed by atoms with Gasteiger partial charge in [-0.25, -0.2) is 0 Å². The zero-order valence-electron chi connectivity index (χ0n) is 10.1. The van der Waals surface area contributed by atoms with Crippen molar-refractivity contribution < 1.29 is 17.9 Å². The number of alkyl halides is 3. The molecule has 0 spiro atoms. The highest BCUT2D eigenvalue weighted by molar-refractivity contribution is 5.37. The Labute approximate surface area is 109 Å². The van der Waals surface area contributed by atoms with Crippen molar-refractivity contribution in [3.8, 4) is 11.8 Å². The average molecular weight is 270 g/mol. The Morgan fingerprint density at radius 1 is 1.16 bits per heavy atom. The summed E-state index contributed by atoms with van der Waals surface area (Å²) in [7, 11) is 0. The van der Waals surface area contributed by atoms with Crippen LogP contribution in [0.15, 0.2) is 24.3 Å². The average Bonchev–Trinajstić information content (AvgIpc) is 2.38. The van der Waals surface area contributed by atoms with Crippen molar-refractivity contribution in [2.24, 2.45) is 0 Å². The van der Waals surface area contributed by atoms with Crippen LogP contribution in [0.1, 0.15) is 18.4 Å². The van der Waals surface area contributed by atoms with Crippen molar-refractivity contribution in [3.05, 3.63) is 29.8 Å². The smallest absolute Gasteiger partial charge is 0.406 e. The second-order valence-corrected chi connectivity index (χ2v) is 4.52. The number of nitrogens with one attached hydrogen (secondary N) is 1. The molecule has 1 saturated heterocycles. The van der Waals surface area contributed by atoms with E-state index in [0.717, 1.165) is 18.7 Å². The minimum absolute atomic E-state index is 0.265. The van der Waals surface area contributed by atoms with Crippen LogP contribution in [0.2, 0.25) is 0 Å². The Morgan fingerprint density at radius 2 is 1.74 bits per heavy atom. The number of ether oxygens (including phenoxy) is 1. The molecule has 2 rings (SSSR count).